The highest BCUT2D eigenvalue weighted by Gasteiger charge is 2.37. The molecule has 0 amide bonds. The van der Waals surface area contributed by atoms with Crippen molar-refractivity contribution in [3.05, 3.63) is 46.2 Å². The molecule has 1 aromatic carbocycles. The van der Waals surface area contributed by atoms with Crippen molar-refractivity contribution < 1.29 is 14.4 Å². The summed E-state index contributed by atoms with van der Waals surface area (Å²) in [5.41, 5.74) is 0.474. The fourth-order valence-electron chi connectivity index (χ4n) is 1.93. The van der Waals surface area contributed by atoms with Crippen LogP contribution < -0.4 is 0 Å². The third-order valence-electron chi connectivity index (χ3n) is 3.12. The van der Waals surface area contributed by atoms with Crippen LogP contribution in [0.15, 0.2) is 30.5 Å². The Morgan fingerprint density at radius 2 is 1.94 bits per heavy atom. The molecule has 0 N–H and O–H groups in total. The van der Waals surface area contributed by atoms with Crippen molar-refractivity contribution in [2.75, 3.05) is 0 Å². The van der Waals surface area contributed by atoms with E-state index in [-0.39, 0.29) is 5.69 Å². The molecule has 0 spiro atoms. The van der Waals surface area contributed by atoms with Crippen LogP contribution in [0.5, 0.6) is 0 Å². The van der Waals surface area contributed by atoms with Crippen molar-refractivity contribution in [2.45, 2.75) is 32.5 Å². The lowest BCUT2D eigenvalue weighted by molar-refractivity contribution is -0.385. The quantitative estimate of drug-likeness (QED) is 0.605. The van der Waals surface area contributed by atoms with Gasteiger partial charge in [-0.3, -0.25) is 10.1 Å². The van der Waals surface area contributed by atoms with Gasteiger partial charge in [-0.1, -0.05) is 26.0 Å². The van der Waals surface area contributed by atoms with E-state index in [1.165, 1.54) is 12.3 Å². The van der Waals surface area contributed by atoms with Crippen LogP contribution in [0.2, 0.25) is 0 Å². The van der Waals surface area contributed by atoms with Gasteiger partial charge in [0.25, 0.3) is 5.69 Å². The van der Waals surface area contributed by atoms with Crippen molar-refractivity contribution in [3.63, 3.8) is 0 Å². The van der Waals surface area contributed by atoms with Crippen molar-refractivity contribution in [1.29, 1.82) is 0 Å². The van der Waals surface area contributed by atoms with Crippen LogP contribution in [0.3, 0.4) is 0 Å². The number of nitrogens with zero attached hydrogens (tertiary/aromatic N) is 1. The van der Waals surface area contributed by atoms with Crippen LogP contribution in [0, 0.1) is 10.1 Å². The van der Waals surface area contributed by atoms with Gasteiger partial charge in [0.1, 0.15) is 6.26 Å². The summed E-state index contributed by atoms with van der Waals surface area (Å²) in [5, 5.41) is 11.0. The summed E-state index contributed by atoms with van der Waals surface area (Å²) in [6.45, 7) is 3.92. The summed E-state index contributed by atoms with van der Waals surface area (Å²) in [4.78, 5) is 10.5. The first-order valence-corrected chi connectivity index (χ1v) is 5.92. The Morgan fingerprint density at radius 1 is 1.28 bits per heavy atom. The zero-order valence-electron chi connectivity index (χ0n) is 10.4. The number of hydrogen-bond acceptors (Lipinski definition) is 4. The minimum Gasteiger partial charge on any atom is -0.456 e. The molecule has 18 heavy (non-hydrogen) atoms. The maximum Gasteiger partial charge on any atom is 0.280 e. The fraction of sp³-hybridized carbons (Fsp3) is 0.385. The van der Waals surface area contributed by atoms with Gasteiger partial charge in [0, 0.05) is 18.9 Å². The maximum absolute atomic E-state index is 11.0. The van der Waals surface area contributed by atoms with Crippen LogP contribution in [0.25, 0.3) is 5.76 Å². The minimum absolute atomic E-state index is 0.0235. The second-order valence-corrected chi connectivity index (χ2v) is 4.09. The van der Waals surface area contributed by atoms with E-state index in [0.29, 0.717) is 24.2 Å². The monoisotopic (exact) mass is 249 g/mol. The highest BCUT2D eigenvalue weighted by molar-refractivity contribution is 5.68. The molecule has 0 atom stereocenters. The van der Waals surface area contributed by atoms with E-state index in [2.05, 4.69) is 0 Å². The third-order valence-corrected chi connectivity index (χ3v) is 3.12. The molecule has 0 aromatic heterocycles. The molecule has 1 aliphatic rings. The van der Waals surface area contributed by atoms with Crippen LogP contribution in [-0.4, -0.2) is 10.7 Å². The Morgan fingerprint density at radius 3 is 2.50 bits per heavy atom. The largest absolute Gasteiger partial charge is 0.456 e. The molecular weight excluding hydrogens is 234 g/mol. The number of hydrogen-bond donors (Lipinski definition) is 0. The molecule has 0 radical (unpaired) electrons. The first-order chi connectivity index (χ1) is 8.62. The number of para-hydroxylation sites is 1. The van der Waals surface area contributed by atoms with Gasteiger partial charge in [-0.25, -0.2) is 0 Å². The summed E-state index contributed by atoms with van der Waals surface area (Å²) in [6.07, 6.45) is 2.84. The first kappa shape index (κ1) is 12.4. The van der Waals surface area contributed by atoms with Gasteiger partial charge in [0.2, 0.25) is 5.79 Å². The normalized spacial score (nSPS) is 16.7. The van der Waals surface area contributed by atoms with Crippen molar-refractivity contribution in [1.82, 2.24) is 0 Å². The molecule has 5 heteroatoms. The van der Waals surface area contributed by atoms with Gasteiger partial charge in [-0.2, -0.15) is 0 Å². The molecule has 0 saturated carbocycles. The van der Waals surface area contributed by atoms with E-state index in [1.54, 1.807) is 18.2 Å². The summed E-state index contributed by atoms with van der Waals surface area (Å²) >= 11 is 0. The van der Waals surface area contributed by atoms with Crippen molar-refractivity contribution in [3.8, 4) is 0 Å². The summed E-state index contributed by atoms with van der Waals surface area (Å²) in [6, 6.07) is 6.49. The van der Waals surface area contributed by atoms with Crippen molar-refractivity contribution >= 4 is 11.4 Å². The first-order valence-electron chi connectivity index (χ1n) is 5.92. The Hall–Kier alpha value is -2.04. The van der Waals surface area contributed by atoms with Crippen LogP contribution >= 0.6 is 0 Å². The van der Waals surface area contributed by atoms with Gasteiger partial charge in [-0.05, 0) is 6.07 Å². The molecule has 96 valence electrons. The zero-order chi connectivity index (χ0) is 13.2. The van der Waals surface area contributed by atoms with E-state index in [9.17, 15) is 10.1 Å². The smallest absolute Gasteiger partial charge is 0.280 e. The van der Waals surface area contributed by atoms with Crippen LogP contribution in [0.4, 0.5) is 5.69 Å². The zero-order valence-corrected chi connectivity index (χ0v) is 10.4. The van der Waals surface area contributed by atoms with E-state index >= 15 is 0 Å². The van der Waals surface area contributed by atoms with E-state index in [1.807, 2.05) is 13.8 Å². The summed E-state index contributed by atoms with van der Waals surface area (Å²) in [7, 11) is 0. The van der Waals surface area contributed by atoms with E-state index in [4.69, 9.17) is 9.47 Å². The number of benzene rings is 1. The second-order valence-electron chi connectivity index (χ2n) is 4.09. The second kappa shape index (κ2) is 4.68. The molecular formula is C13H15NO4. The van der Waals surface area contributed by atoms with Gasteiger partial charge in [-0.15, -0.1) is 0 Å². The Balaban J connectivity index is 2.33. The Bertz CT molecular complexity index is 492. The van der Waals surface area contributed by atoms with Crippen LogP contribution in [0.1, 0.15) is 32.3 Å². The lowest BCUT2D eigenvalue weighted by Gasteiger charge is -2.25. The number of ether oxygens (including phenoxy) is 2. The molecule has 0 unspecified atom stereocenters. The highest BCUT2D eigenvalue weighted by Crippen LogP contribution is 2.38. The Kier molecular flexibility index (Phi) is 3.23. The predicted molar refractivity (Wildman–Crippen MR) is 66.6 cm³/mol. The fourth-order valence-corrected chi connectivity index (χ4v) is 1.93. The average molecular weight is 249 g/mol. The third kappa shape index (κ3) is 2.03. The van der Waals surface area contributed by atoms with E-state index < -0.39 is 10.7 Å². The van der Waals surface area contributed by atoms with Gasteiger partial charge >= 0.3 is 0 Å². The van der Waals surface area contributed by atoms with Crippen molar-refractivity contribution in [2.24, 2.45) is 0 Å². The molecule has 5 nitrogen and oxygen atoms in total. The molecule has 0 bridgehead atoms. The van der Waals surface area contributed by atoms with Gasteiger partial charge in [0.05, 0.1) is 10.5 Å². The summed E-state index contributed by atoms with van der Waals surface area (Å²) < 4.78 is 11.3. The predicted octanol–water partition coefficient (Wildman–Crippen LogP) is 3.46. The molecule has 1 heterocycles. The summed E-state index contributed by atoms with van der Waals surface area (Å²) in [5.74, 6) is -0.259. The topological polar surface area (TPSA) is 61.6 Å². The number of nitro benzene ring substituents is 1. The minimum atomic E-state index is -0.682. The van der Waals surface area contributed by atoms with E-state index in [0.717, 1.165) is 0 Å². The molecule has 1 aromatic rings. The standard InChI is InChI=1S/C13H15NO4/c1-3-13(4-2)17-9-12(18-13)10-7-5-6-8-11(10)14(15)16/h5-9H,3-4H2,1-2H3. The number of rotatable bonds is 4. The van der Waals surface area contributed by atoms with Crippen LogP contribution in [-0.2, 0) is 9.47 Å². The maximum atomic E-state index is 11.0. The lowest BCUT2D eigenvalue weighted by Crippen LogP contribution is -2.28. The molecule has 1 aliphatic heterocycles. The molecule has 0 fully saturated rings. The lowest BCUT2D eigenvalue weighted by atomic mass is 10.1. The molecule has 0 saturated heterocycles. The highest BCUT2D eigenvalue weighted by atomic mass is 16.7. The average Bonchev–Trinajstić information content (AvgIpc) is 2.83. The van der Waals surface area contributed by atoms with Gasteiger partial charge < -0.3 is 9.47 Å². The SMILES string of the molecule is CCC1(CC)OC=C(c2ccccc2[N+](=O)[O-])O1. The Labute approximate surface area is 105 Å². The molecule has 2 rings (SSSR count). The number of nitro groups is 1. The van der Waals surface area contributed by atoms with Gasteiger partial charge in [0.15, 0.2) is 5.76 Å². The molecule has 0 aliphatic carbocycles.